The van der Waals surface area contributed by atoms with Gasteiger partial charge >= 0.3 is 6.09 Å². The van der Waals surface area contributed by atoms with E-state index in [9.17, 15) is 9.59 Å². The Balaban J connectivity index is 1.40. The second-order valence-electron chi connectivity index (χ2n) is 6.06. The smallest absolute Gasteiger partial charge is 0.414 e. The average Bonchev–Trinajstić information content (AvgIpc) is 3.38. The highest BCUT2D eigenvalue weighted by Crippen LogP contribution is 2.21. The van der Waals surface area contributed by atoms with Crippen LogP contribution in [0.5, 0.6) is 0 Å². The van der Waals surface area contributed by atoms with Crippen molar-refractivity contribution in [3.05, 3.63) is 72.2 Å². The van der Waals surface area contributed by atoms with Gasteiger partial charge in [0.2, 0.25) is 0 Å². The molecule has 27 heavy (non-hydrogen) atoms. The van der Waals surface area contributed by atoms with E-state index < -0.39 is 0 Å². The molecule has 1 N–H and O–H groups in total. The topological polar surface area (TPSA) is 84.7 Å². The molecule has 0 spiro atoms. The standard InChI is InChI=1S/C20H17N3O4/c24-19(16-6-4-15(5-7-16)18-12-21-13-27-18)22-11-14-2-1-3-17(10-14)23-8-9-26-20(23)25/h1-7,10,12-13H,8-9,11H2,(H,22,24). The first-order chi connectivity index (χ1) is 13.2. The lowest BCUT2D eigenvalue weighted by Crippen LogP contribution is -2.24. The molecule has 0 unspecified atom stereocenters. The largest absolute Gasteiger partial charge is 0.447 e. The summed E-state index contributed by atoms with van der Waals surface area (Å²) in [6.07, 6.45) is 2.65. The summed E-state index contributed by atoms with van der Waals surface area (Å²) < 4.78 is 10.2. The molecule has 0 saturated carbocycles. The third-order valence-corrected chi connectivity index (χ3v) is 4.30. The minimum absolute atomic E-state index is 0.176. The molecule has 1 aliphatic rings. The fourth-order valence-corrected chi connectivity index (χ4v) is 2.89. The Bertz CT molecular complexity index is 952. The number of carbonyl (C=O) groups is 2. The minimum Gasteiger partial charge on any atom is -0.447 e. The fraction of sp³-hybridized carbons (Fsp3) is 0.150. The molecule has 1 saturated heterocycles. The van der Waals surface area contributed by atoms with Crippen molar-refractivity contribution in [3.8, 4) is 11.3 Å². The number of rotatable bonds is 5. The van der Waals surface area contributed by atoms with Crippen LogP contribution in [0.1, 0.15) is 15.9 Å². The number of aromatic nitrogens is 1. The van der Waals surface area contributed by atoms with Crippen molar-refractivity contribution in [3.63, 3.8) is 0 Å². The molecule has 4 rings (SSSR count). The van der Waals surface area contributed by atoms with Gasteiger partial charge in [0, 0.05) is 23.4 Å². The molecule has 2 heterocycles. The average molecular weight is 363 g/mol. The highest BCUT2D eigenvalue weighted by Gasteiger charge is 2.23. The molecular weight excluding hydrogens is 346 g/mol. The number of amides is 2. The van der Waals surface area contributed by atoms with Crippen molar-refractivity contribution in [2.75, 3.05) is 18.1 Å². The predicted molar refractivity (Wildman–Crippen MR) is 98.2 cm³/mol. The van der Waals surface area contributed by atoms with Crippen molar-refractivity contribution < 1.29 is 18.7 Å². The van der Waals surface area contributed by atoms with Crippen LogP contribution in [0.3, 0.4) is 0 Å². The normalized spacial score (nSPS) is 13.5. The molecular formula is C20H17N3O4. The number of benzene rings is 2. The molecule has 0 bridgehead atoms. The van der Waals surface area contributed by atoms with Crippen LogP contribution < -0.4 is 10.2 Å². The number of nitrogens with one attached hydrogen (secondary N) is 1. The summed E-state index contributed by atoms with van der Waals surface area (Å²) in [5, 5.41) is 2.89. The lowest BCUT2D eigenvalue weighted by atomic mass is 10.1. The lowest BCUT2D eigenvalue weighted by molar-refractivity contribution is 0.0951. The van der Waals surface area contributed by atoms with E-state index in [-0.39, 0.29) is 12.0 Å². The number of ether oxygens (including phenoxy) is 1. The summed E-state index contributed by atoms with van der Waals surface area (Å²) >= 11 is 0. The third kappa shape index (κ3) is 3.67. The van der Waals surface area contributed by atoms with Crippen LogP contribution in [0.4, 0.5) is 10.5 Å². The number of anilines is 1. The van der Waals surface area contributed by atoms with Crippen LogP contribution in [-0.4, -0.2) is 30.1 Å². The van der Waals surface area contributed by atoms with Crippen LogP contribution in [-0.2, 0) is 11.3 Å². The van der Waals surface area contributed by atoms with Crippen LogP contribution in [0, 0.1) is 0 Å². The van der Waals surface area contributed by atoms with E-state index in [2.05, 4.69) is 10.3 Å². The molecule has 0 radical (unpaired) electrons. The molecule has 1 aromatic heterocycles. The summed E-state index contributed by atoms with van der Waals surface area (Å²) in [5.74, 6) is 0.476. The van der Waals surface area contributed by atoms with Gasteiger partial charge in [-0.25, -0.2) is 9.78 Å². The van der Waals surface area contributed by atoms with Gasteiger partial charge in [-0.2, -0.15) is 0 Å². The van der Waals surface area contributed by atoms with Crippen LogP contribution in [0.15, 0.2) is 65.5 Å². The van der Waals surface area contributed by atoms with Crippen molar-refractivity contribution in [2.24, 2.45) is 0 Å². The van der Waals surface area contributed by atoms with Gasteiger partial charge in [-0.15, -0.1) is 0 Å². The van der Waals surface area contributed by atoms with Crippen molar-refractivity contribution in [1.29, 1.82) is 0 Å². The molecule has 7 nitrogen and oxygen atoms in total. The third-order valence-electron chi connectivity index (χ3n) is 4.30. The first kappa shape index (κ1) is 16.8. The highest BCUT2D eigenvalue weighted by atomic mass is 16.6. The van der Waals surface area contributed by atoms with Crippen LogP contribution >= 0.6 is 0 Å². The second-order valence-corrected chi connectivity index (χ2v) is 6.06. The quantitative estimate of drug-likeness (QED) is 0.752. The first-order valence-corrected chi connectivity index (χ1v) is 8.51. The molecule has 2 aromatic carbocycles. The molecule has 1 fully saturated rings. The summed E-state index contributed by atoms with van der Waals surface area (Å²) in [6.45, 7) is 1.29. The lowest BCUT2D eigenvalue weighted by Gasteiger charge is -2.14. The number of nitrogens with zero attached hydrogens (tertiary/aromatic N) is 2. The summed E-state index contributed by atoms with van der Waals surface area (Å²) in [7, 11) is 0. The zero-order valence-electron chi connectivity index (χ0n) is 14.4. The predicted octanol–water partition coefficient (Wildman–Crippen LogP) is 3.23. The van der Waals surface area contributed by atoms with Gasteiger partial charge in [0.15, 0.2) is 12.2 Å². The summed E-state index contributed by atoms with van der Waals surface area (Å²) in [6, 6.07) is 14.6. The van der Waals surface area contributed by atoms with Crippen molar-refractivity contribution in [2.45, 2.75) is 6.54 Å². The fourth-order valence-electron chi connectivity index (χ4n) is 2.89. The van der Waals surface area contributed by atoms with Gasteiger partial charge in [0.05, 0.1) is 12.7 Å². The second kappa shape index (κ2) is 7.33. The van der Waals surface area contributed by atoms with E-state index >= 15 is 0 Å². The molecule has 1 aliphatic heterocycles. The molecule has 136 valence electrons. The van der Waals surface area contributed by atoms with Gasteiger partial charge in [0.1, 0.15) is 6.61 Å². The molecule has 7 heteroatoms. The number of hydrogen-bond acceptors (Lipinski definition) is 5. The maximum atomic E-state index is 12.4. The monoisotopic (exact) mass is 363 g/mol. The Kier molecular flexibility index (Phi) is 4.57. The Morgan fingerprint density at radius 2 is 2.04 bits per heavy atom. The Morgan fingerprint density at radius 1 is 1.19 bits per heavy atom. The van der Waals surface area contributed by atoms with Gasteiger partial charge in [0.25, 0.3) is 5.91 Å². The van der Waals surface area contributed by atoms with Crippen LogP contribution in [0.2, 0.25) is 0 Å². The van der Waals surface area contributed by atoms with E-state index in [1.807, 2.05) is 36.4 Å². The maximum Gasteiger partial charge on any atom is 0.414 e. The Hall–Kier alpha value is -3.61. The molecule has 0 atom stereocenters. The summed E-state index contributed by atoms with van der Waals surface area (Å²) in [4.78, 5) is 29.5. The number of oxazole rings is 1. The number of hydrogen-bond donors (Lipinski definition) is 1. The van der Waals surface area contributed by atoms with E-state index in [0.29, 0.717) is 31.0 Å². The van der Waals surface area contributed by atoms with Crippen LogP contribution in [0.25, 0.3) is 11.3 Å². The van der Waals surface area contributed by atoms with E-state index in [1.165, 1.54) is 6.39 Å². The highest BCUT2D eigenvalue weighted by molar-refractivity contribution is 5.94. The van der Waals surface area contributed by atoms with Gasteiger partial charge in [-0.05, 0) is 29.8 Å². The minimum atomic E-state index is -0.344. The van der Waals surface area contributed by atoms with Gasteiger partial charge in [-0.1, -0.05) is 24.3 Å². The zero-order valence-corrected chi connectivity index (χ0v) is 14.4. The van der Waals surface area contributed by atoms with Gasteiger partial charge in [-0.3, -0.25) is 9.69 Å². The number of carbonyl (C=O) groups excluding carboxylic acids is 2. The van der Waals surface area contributed by atoms with Crippen molar-refractivity contribution >= 4 is 17.7 Å². The number of cyclic esters (lactones) is 1. The Morgan fingerprint density at radius 3 is 2.74 bits per heavy atom. The van der Waals surface area contributed by atoms with E-state index in [1.54, 1.807) is 23.2 Å². The van der Waals surface area contributed by atoms with E-state index in [0.717, 1.165) is 16.8 Å². The molecule has 2 amide bonds. The zero-order chi connectivity index (χ0) is 18.6. The van der Waals surface area contributed by atoms with Crippen molar-refractivity contribution in [1.82, 2.24) is 10.3 Å². The molecule has 3 aromatic rings. The SMILES string of the molecule is O=C(NCc1cccc(N2CCOC2=O)c1)c1ccc(-c2cnco2)cc1. The summed E-state index contributed by atoms with van der Waals surface area (Å²) in [5.41, 5.74) is 3.08. The van der Waals surface area contributed by atoms with E-state index in [4.69, 9.17) is 9.15 Å². The molecule has 0 aliphatic carbocycles. The maximum absolute atomic E-state index is 12.4. The van der Waals surface area contributed by atoms with Gasteiger partial charge < -0.3 is 14.5 Å². The first-order valence-electron chi connectivity index (χ1n) is 8.51. The Labute approximate surface area is 155 Å².